The zero-order valence-corrected chi connectivity index (χ0v) is 13.8. The van der Waals surface area contributed by atoms with Crippen LogP contribution < -0.4 is 5.32 Å². The van der Waals surface area contributed by atoms with Gasteiger partial charge >= 0.3 is 0 Å². The summed E-state index contributed by atoms with van der Waals surface area (Å²) in [5, 5.41) is 5.11. The van der Waals surface area contributed by atoms with Crippen LogP contribution in [0.15, 0.2) is 48.6 Å². The first-order valence-electron chi connectivity index (χ1n) is 7.63. The minimum absolute atomic E-state index is 0.285. The quantitative estimate of drug-likeness (QED) is 0.620. The van der Waals surface area contributed by atoms with E-state index < -0.39 is 0 Å². The Hall–Kier alpha value is -1.44. The van der Waals surface area contributed by atoms with Gasteiger partial charge in [0.15, 0.2) is 0 Å². The van der Waals surface area contributed by atoms with Gasteiger partial charge in [-0.25, -0.2) is 0 Å². The van der Waals surface area contributed by atoms with Crippen LogP contribution in [0.5, 0.6) is 0 Å². The highest BCUT2D eigenvalue weighted by Crippen LogP contribution is 2.52. The Labute approximate surface area is 140 Å². The molecule has 2 aliphatic rings. The summed E-state index contributed by atoms with van der Waals surface area (Å²) in [4.78, 5) is 0. The molecule has 0 spiro atoms. The summed E-state index contributed by atoms with van der Waals surface area (Å²) in [5.74, 6) is 0.903. The van der Waals surface area contributed by atoms with E-state index in [4.69, 9.17) is 23.2 Å². The van der Waals surface area contributed by atoms with Crippen LogP contribution in [-0.2, 0) is 0 Å². The molecule has 2 aromatic carbocycles. The number of hydrogen-bond acceptors (Lipinski definition) is 1. The van der Waals surface area contributed by atoms with Crippen molar-refractivity contribution in [2.75, 3.05) is 5.32 Å². The van der Waals surface area contributed by atoms with E-state index in [1.165, 1.54) is 16.7 Å². The van der Waals surface area contributed by atoms with Crippen LogP contribution >= 0.6 is 23.2 Å². The van der Waals surface area contributed by atoms with Crippen LogP contribution in [-0.4, -0.2) is 0 Å². The number of nitrogens with one attached hydrogen (secondary N) is 1. The van der Waals surface area contributed by atoms with Crippen LogP contribution in [0, 0.1) is 12.8 Å². The van der Waals surface area contributed by atoms with Gasteiger partial charge in [0, 0.05) is 10.9 Å². The Morgan fingerprint density at radius 3 is 2.73 bits per heavy atom. The summed E-state index contributed by atoms with van der Waals surface area (Å²) in [6.45, 7) is 2.17. The van der Waals surface area contributed by atoms with Crippen molar-refractivity contribution in [3.8, 4) is 0 Å². The van der Waals surface area contributed by atoms with Gasteiger partial charge in [0.1, 0.15) is 0 Å². The minimum Gasteiger partial charge on any atom is -0.376 e. The molecule has 3 heteroatoms. The average molecular weight is 330 g/mol. The second-order valence-corrected chi connectivity index (χ2v) is 7.03. The molecule has 3 atom stereocenters. The second-order valence-electron chi connectivity index (χ2n) is 6.18. The Balaban J connectivity index is 1.86. The summed E-state index contributed by atoms with van der Waals surface area (Å²) >= 11 is 12.7. The van der Waals surface area contributed by atoms with Gasteiger partial charge in [-0.2, -0.15) is 0 Å². The van der Waals surface area contributed by atoms with Crippen LogP contribution in [0.25, 0.3) is 0 Å². The van der Waals surface area contributed by atoms with Crippen molar-refractivity contribution in [2.24, 2.45) is 5.92 Å². The lowest BCUT2D eigenvalue weighted by atomic mass is 9.76. The Morgan fingerprint density at radius 2 is 1.91 bits per heavy atom. The van der Waals surface area contributed by atoms with Crippen LogP contribution in [0.4, 0.5) is 5.69 Å². The van der Waals surface area contributed by atoms with E-state index in [1.54, 1.807) is 0 Å². The molecule has 1 aliphatic carbocycles. The number of anilines is 1. The van der Waals surface area contributed by atoms with Gasteiger partial charge in [-0.3, -0.25) is 0 Å². The van der Waals surface area contributed by atoms with Gasteiger partial charge in [-0.1, -0.05) is 59.6 Å². The molecule has 112 valence electrons. The molecule has 4 rings (SSSR count). The predicted molar refractivity (Wildman–Crippen MR) is 94.0 cm³/mol. The molecule has 0 bridgehead atoms. The van der Waals surface area contributed by atoms with E-state index >= 15 is 0 Å². The molecule has 0 radical (unpaired) electrons. The van der Waals surface area contributed by atoms with Crippen molar-refractivity contribution in [1.82, 2.24) is 0 Å². The highest BCUT2D eigenvalue weighted by molar-refractivity contribution is 6.36. The van der Waals surface area contributed by atoms with E-state index in [0.717, 1.165) is 12.1 Å². The number of rotatable bonds is 1. The summed E-state index contributed by atoms with van der Waals surface area (Å²) in [6.07, 6.45) is 5.68. The molecule has 1 N–H and O–H groups in total. The number of halogens is 2. The Bertz CT molecular complexity index is 766. The smallest absolute Gasteiger partial charge is 0.0655 e. The highest BCUT2D eigenvalue weighted by Gasteiger charge is 2.39. The lowest BCUT2D eigenvalue weighted by molar-refractivity contribution is 0.424. The van der Waals surface area contributed by atoms with Crippen molar-refractivity contribution in [3.63, 3.8) is 0 Å². The predicted octanol–water partition coefficient (Wildman–Crippen LogP) is 6.13. The first kappa shape index (κ1) is 14.2. The van der Waals surface area contributed by atoms with Crippen LogP contribution in [0.3, 0.4) is 0 Å². The lowest BCUT2D eigenvalue weighted by Crippen LogP contribution is -2.29. The fraction of sp³-hybridized carbons (Fsp3) is 0.263. The van der Waals surface area contributed by atoms with Crippen molar-refractivity contribution in [3.05, 3.63) is 75.3 Å². The third-order valence-corrected chi connectivity index (χ3v) is 5.43. The molecule has 0 saturated carbocycles. The monoisotopic (exact) mass is 329 g/mol. The number of aryl methyl sites for hydroxylation is 1. The Morgan fingerprint density at radius 1 is 1.09 bits per heavy atom. The van der Waals surface area contributed by atoms with Crippen LogP contribution in [0.2, 0.25) is 10.0 Å². The molecule has 1 nitrogen and oxygen atoms in total. The number of hydrogen-bond donors (Lipinski definition) is 1. The molecule has 0 saturated heterocycles. The fourth-order valence-corrected chi connectivity index (χ4v) is 4.43. The van der Waals surface area contributed by atoms with Gasteiger partial charge in [-0.15, -0.1) is 0 Å². The summed E-state index contributed by atoms with van der Waals surface area (Å²) < 4.78 is 0. The highest BCUT2D eigenvalue weighted by atomic mass is 35.5. The molecule has 0 fully saturated rings. The summed E-state index contributed by atoms with van der Waals surface area (Å²) in [5.41, 5.74) is 4.94. The molecule has 22 heavy (non-hydrogen) atoms. The maximum Gasteiger partial charge on any atom is 0.0655 e. The standard InChI is InChI=1S/C19H17Cl2N/c1-11-5-2-3-6-13(11)18-15-8-4-7-14(15)16-9-12(20)10-17(21)19(16)22-18/h2-7,9-10,14-15,18,22H,8H2,1H3. The van der Waals surface area contributed by atoms with E-state index in [1.807, 2.05) is 6.07 Å². The van der Waals surface area contributed by atoms with Gasteiger partial charge in [0.2, 0.25) is 0 Å². The van der Waals surface area contributed by atoms with Gasteiger partial charge in [0.05, 0.1) is 16.8 Å². The number of allylic oxidation sites excluding steroid dienone is 2. The number of fused-ring (bicyclic) bond motifs is 3. The van der Waals surface area contributed by atoms with Gasteiger partial charge < -0.3 is 5.32 Å². The SMILES string of the molecule is Cc1ccccc1C1Nc2c(Cl)cc(Cl)cc2C2C=CCC21. The molecule has 0 aromatic heterocycles. The fourth-order valence-electron chi connectivity index (χ4n) is 3.86. The first-order chi connectivity index (χ1) is 10.6. The first-order valence-corrected chi connectivity index (χ1v) is 8.38. The zero-order valence-electron chi connectivity index (χ0n) is 12.3. The van der Waals surface area contributed by atoms with Crippen LogP contribution in [0.1, 0.15) is 35.1 Å². The van der Waals surface area contributed by atoms with E-state index in [2.05, 4.69) is 54.7 Å². The van der Waals surface area contributed by atoms with Crippen molar-refractivity contribution in [1.29, 1.82) is 0 Å². The largest absolute Gasteiger partial charge is 0.376 e. The molecule has 1 aliphatic heterocycles. The molecule has 2 aromatic rings. The maximum absolute atomic E-state index is 6.46. The van der Waals surface area contributed by atoms with E-state index in [9.17, 15) is 0 Å². The summed E-state index contributed by atoms with van der Waals surface area (Å²) in [6, 6.07) is 12.8. The molecular weight excluding hydrogens is 313 g/mol. The maximum atomic E-state index is 6.46. The normalized spacial score (nSPS) is 25.5. The summed E-state index contributed by atoms with van der Waals surface area (Å²) in [7, 11) is 0. The topological polar surface area (TPSA) is 12.0 Å². The third kappa shape index (κ3) is 2.15. The molecule has 3 unspecified atom stereocenters. The van der Waals surface area contributed by atoms with Gasteiger partial charge in [-0.05, 0) is 48.1 Å². The van der Waals surface area contributed by atoms with Gasteiger partial charge in [0.25, 0.3) is 0 Å². The lowest BCUT2D eigenvalue weighted by Gasteiger charge is -2.38. The van der Waals surface area contributed by atoms with E-state index in [-0.39, 0.29) is 6.04 Å². The number of benzene rings is 2. The molecule has 1 heterocycles. The third-order valence-electron chi connectivity index (χ3n) is 4.91. The Kier molecular flexibility index (Phi) is 3.43. The average Bonchev–Trinajstić information content (AvgIpc) is 2.97. The molecule has 0 amide bonds. The zero-order chi connectivity index (χ0) is 15.3. The molecular formula is C19H17Cl2N. The van der Waals surface area contributed by atoms with Crippen molar-refractivity contribution >= 4 is 28.9 Å². The minimum atomic E-state index is 0.285. The second kappa shape index (κ2) is 5.33. The van der Waals surface area contributed by atoms with Crippen molar-refractivity contribution in [2.45, 2.75) is 25.3 Å². The van der Waals surface area contributed by atoms with Crippen molar-refractivity contribution < 1.29 is 0 Å². The van der Waals surface area contributed by atoms with E-state index in [0.29, 0.717) is 21.9 Å².